The number of anilines is 1. The molecule has 1 saturated carbocycles. The Morgan fingerprint density at radius 1 is 0.960 bits per heavy atom. The maximum absolute atomic E-state index is 13.1. The van der Waals surface area contributed by atoms with E-state index in [0.717, 1.165) is 23.7 Å². The Labute approximate surface area is 150 Å². The van der Waals surface area contributed by atoms with Crippen molar-refractivity contribution in [3.8, 4) is 0 Å². The van der Waals surface area contributed by atoms with E-state index in [1.165, 1.54) is 44.1 Å². The molecule has 2 nitrogen and oxygen atoms in total. The number of amides is 1. The molecule has 0 N–H and O–H groups in total. The van der Waals surface area contributed by atoms with Crippen LogP contribution in [0.4, 0.5) is 5.69 Å². The highest BCUT2D eigenvalue weighted by atomic mass is 16.2. The fourth-order valence-electron chi connectivity index (χ4n) is 4.87. The molecule has 0 spiro atoms. The largest absolute Gasteiger partial charge is 0.307 e. The van der Waals surface area contributed by atoms with E-state index in [4.69, 9.17) is 0 Å². The maximum atomic E-state index is 13.1. The Morgan fingerprint density at radius 3 is 2.40 bits per heavy atom. The van der Waals surface area contributed by atoms with Gasteiger partial charge in [-0.1, -0.05) is 75.4 Å². The van der Waals surface area contributed by atoms with Gasteiger partial charge in [0, 0.05) is 23.2 Å². The second-order valence-electron chi connectivity index (χ2n) is 8.04. The highest BCUT2D eigenvalue weighted by molar-refractivity contribution is 6.08. The summed E-state index contributed by atoms with van der Waals surface area (Å²) in [4.78, 5) is 15.1. The Kier molecular flexibility index (Phi) is 4.37. The molecule has 0 aromatic heterocycles. The van der Waals surface area contributed by atoms with E-state index in [-0.39, 0.29) is 11.3 Å². The molecule has 2 aliphatic rings. The molecule has 130 valence electrons. The van der Waals surface area contributed by atoms with Gasteiger partial charge >= 0.3 is 0 Å². The van der Waals surface area contributed by atoms with Crippen molar-refractivity contribution >= 4 is 11.6 Å². The van der Waals surface area contributed by atoms with Crippen LogP contribution in [0.3, 0.4) is 0 Å². The molecule has 1 atom stereocenters. The summed E-state index contributed by atoms with van der Waals surface area (Å²) in [5, 5.41) is 0. The molecule has 0 radical (unpaired) electrons. The lowest BCUT2D eigenvalue weighted by atomic mass is 9.68. The van der Waals surface area contributed by atoms with Gasteiger partial charge in [0.15, 0.2) is 0 Å². The molecule has 0 saturated heterocycles. The fraction of sp³-hybridized carbons (Fsp3) is 0.435. The number of nitrogens with zero attached hydrogens (tertiary/aromatic N) is 1. The molecule has 4 rings (SSSR count). The lowest BCUT2D eigenvalue weighted by Crippen LogP contribution is -2.49. The van der Waals surface area contributed by atoms with Crippen molar-refractivity contribution in [1.29, 1.82) is 0 Å². The van der Waals surface area contributed by atoms with Gasteiger partial charge in [0.2, 0.25) is 0 Å². The second-order valence-corrected chi connectivity index (χ2v) is 8.04. The monoisotopic (exact) mass is 333 g/mol. The van der Waals surface area contributed by atoms with Crippen LogP contribution in [-0.2, 0) is 5.41 Å². The smallest absolute Gasteiger partial charge is 0.258 e. The van der Waals surface area contributed by atoms with Crippen molar-refractivity contribution in [2.45, 2.75) is 50.9 Å². The van der Waals surface area contributed by atoms with E-state index in [1.807, 2.05) is 47.4 Å². The third-order valence-electron chi connectivity index (χ3n) is 6.09. The zero-order chi connectivity index (χ0) is 17.3. The van der Waals surface area contributed by atoms with Crippen LogP contribution in [0.5, 0.6) is 0 Å². The van der Waals surface area contributed by atoms with Crippen molar-refractivity contribution < 1.29 is 4.79 Å². The predicted molar refractivity (Wildman–Crippen MR) is 103 cm³/mol. The first-order chi connectivity index (χ1) is 12.2. The number of fused-ring (bicyclic) bond motifs is 1. The predicted octanol–water partition coefficient (Wildman–Crippen LogP) is 5.58. The average molecular weight is 333 g/mol. The lowest BCUT2D eigenvalue weighted by molar-refractivity contribution is 0.0960. The minimum absolute atomic E-state index is 0.0301. The maximum Gasteiger partial charge on any atom is 0.258 e. The zero-order valence-corrected chi connectivity index (χ0v) is 15.1. The van der Waals surface area contributed by atoms with E-state index in [1.54, 1.807) is 0 Å². The summed E-state index contributed by atoms with van der Waals surface area (Å²) in [6, 6.07) is 18.4. The van der Waals surface area contributed by atoms with Gasteiger partial charge in [0.1, 0.15) is 0 Å². The highest BCUT2D eigenvalue weighted by Gasteiger charge is 2.41. The molecule has 25 heavy (non-hydrogen) atoms. The van der Waals surface area contributed by atoms with Gasteiger partial charge in [0.05, 0.1) is 0 Å². The number of hydrogen-bond donors (Lipinski definition) is 0. The van der Waals surface area contributed by atoms with Crippen molar-refractivity contribution in [3.63, 3.8) is 0 Å². The Morgan fingerprint density at radius 2 is 1.64 bits per heavy atom. The van der Waals surface area contributed by atoms with Crippen molar-refractivity contribution in [2.24, 2.45) is 5.92 Å². The molecule has 2 heteroatoms. The summed E-state index contributed by atoms with van der Waals surface area (Å²) in [6.07, 6.45) is 7.99. The SMILES string of the molecule is CC1(CC2CCCCC2)CN(c2ccccc2)C(=O)c2ccccc21. The van der Waals surface area contributed by atoms with E-state index < -0.39 is 0 Å². The van der Waals surface area contributed by atoms with Gasteiger partial charge < -0.3 is 4.90 Å². The second kappa shape index (κ2) is 6.67. The minimum atomic E-state index is 0.0301. The summed E-state index contributed by atoms with van der Waals surface area (Å²) in [5.74, 6) is 0.931. The van der Waals surface area contributed by atoms with Crippen LogP contribution in [0.2, 0.25) is 0 Å². The summed E-state index contributed by atoms with van der Waals surface area (Å²) >= 11 is 0. The Hall–Kier alpha value is -2.09. The molecule has 2 aromatic rings. The van der Waals surface area contributed by atoms with E-state index in [2.05, 4.69) is 19.1 Å². The van der Waals surface area contributed by atoms with Crippen LogP contribution < -0.4 is 4.90 Å². The topological polar surface area (TPSA) is 20.3 Å². The van der Waals surface area contributed by atoms with Gasteiger partial charge in [-0.05, 0) is 36.1 Å². The zero-order valence-electron chi connectivity index (χ0n) is 15.1. The fourth-order valence-corrected chi connectivity index (χ4v) is 4.87. The molecule has 2 aromatic carbocycles. The molecular weight excluding hydrogens is 306 g/mol. The molecule has 1 unspecified atom stereocenters. The molecule has 0 bridgehead atoms. The van der Waals surface area contributed by atoms with Gasteiger partial charge in [-0.25, -0.2) is 0 Å². The number of carbonyl (C=O) groups excluding carboxylic acids is 1. The van der Waals surface area contributed by atoms with Gasteiger partial charge in [-0.3, -0.25) is 4.79 Å². The standard InChI is InChI=1S/C23H27NO/c1-23(16-18-10-4-2-5-11-18)17-24(19-12-6-3-7-13-19)22(25)20-14-8-9-15-21(20)23/h3,6-9,12-15,18H,2,4-5,10-11,16-17H2,1H3. The average Bonchev–Trinajstić information content (AvgIpc) is 2.66. The molecule has 1 aliphatic heterocycles. The Bertz CT molecular complexity index is 748. The Balaban J connectivity index is 1.72. The summed E-state index contributed by atoms with van der Waals surface area (Å²) in [6.45, 7) is 3.15. The summed E-state index contributed by atoms with van der Waals surface area (Å²) < 4.78 is 0. The number of benzene rings is 2. The van der Waals surface area contributed by atoms with Crippen LogP contribution in [0.1, 0.15) is 61.4 Å². The van der Waals surface area contributed by atoms with Crippen molar-refractivity contribution in [2.75, 3.05) is 11.4 Å². The molecule has 1 aliphatic carbocycles. The van der Waals surface area contributed by atoms with Crippen molar-refractivity contribution in [3.05, 3.63) is 65.7 Å². The quantitative estimate of drug-likeness (QED) is 0.718. The normalized spacial score (nSPS) is 24.2. The van der Waals surface area contributed by atoms with Crippen molar-refractivity contribution in [1.82, 2.24) is 0 Å². The number of carbonyl (C=O) groups is 1. The van der Waals surface area contributed by atoms with Gasteiger partial charge in [0.25, 0.3) is 5.91 Å². The number of hydrogen-bond acceptors (Lipinski definition) is 1. The third-order valence-corrected chi connectivity index (χ3v) is 6.09. The van der Waals surface area contributed by atoms with Crippen LogP contribution in [-0.4, -0.2) is 12.5 Å². The number of para-hydroxylation sites is 1. The first-order valence-corrected chi connectivity index (χ1v) is 9.64. The number of rotatable bonds is 3. The van der Waals surface area contributed by atoms with Gasteiger partial charge in [-0.2, -0.15) is 0 Å². The summed E-state index contributed by atoms with van der Waals surface area (Å²) in [5.41, 5.74) is 3.17. The first-order valence-electron chi connectivity index (χ1n) is 9.64. The molecule has 1 fully saturated rings. The minimum Gasteiger partial charge on any atom is -0.307 e. The van der Waals surface area contributed by atoms with E-state index in [9.17, 15) is 4.79 Å². The lowest BCUT2D eigenvalue weighted by Gasteiger charge is -2.44. The highest BCUT2D eigenvalue weighted by Crippen LogP contribution is 2.42. The van der Waals surface area contributed by atoms with E-state index >= 15 is 0 Å². The first kappa shape index (κ1) is 16.4. The van der Waals surface area contributed by atoms with E-state index in [0.29, 0.717) is 0 Å². The van der Waals surface area contributed by atoms with Crippen LogP contribution in [0.15, 0.2) is 54.6 Å². The van der Waals surface area contributed by atoms with Gasteiger partial charge in [-0.15, -0.1) is 0 Å². The molecule has 1 amide bonds. The third kappa shape index (κ3) is 3.10. The van der Waals surface area contributed by atoms with Crippen LogP contribution >= 0.6 is 0 Å². The summed E-state index contributed by atoms with van der Waals surface area (Å²) in [7, 11) is 0. The van der Waals surface area contributed by atoms with Crippen LogP contribution in [0, 0.1) is 5.92 Å². The molecule has 1 heterocycles. The van der Waals surface area contributed by atoms with Crippen LogP contribution in [0.25, 0.3) is 0 Å². The molecular formula is C23H27NO.